The second kappa shape index (κ2) is 5.61. The van der Waals surface area contributed by atoms with Crippen molar-refractivity contribution in [2.45, 2.75) is 39.5 Å². The molecule has 0 saturated carbocycles. The molecule has 0 spiro atoms. The Morgan fingerprint density at radius 2 is 1.89 bits per heavy atom. The van der Waals surface area contributed by atoms with E-state index >= 15 is 0 Å². The van der Waals surface area contributed by atoms with E-state index in [0.717, 1.165) is 5.56 Å². The molecule has 0 heterocycles. The van der Waals surface area contributed by atoms with Gasteiger partial charge in [0.25, 0.3) is 0 Å². The summed E-state index contributed by atoms with van der Waals surface area (Å²) in [6.07, 6.45) is 0.00284. The van der Waals surface area contributed by atoms with Crippen LogP contribution in [0.3, 0.4) is 0 Å². The molecule has 0 atom stereocenters. The molecule has 0 unspecified atom stereocenters. The van der Waals surface area contributed by atoms with Gasteiger partial charge < -0.3 is 10.5 Å². The molecule has 0 saturated heterocycles. The largest absolute Gasteiger partial charge is 0.426 e. The Balaban J connectivity index is 3.36. The fourth-order valence-electron chi connectivity index (χ4n) is 1.75. The third-order valence-electron chi connectivity index (χ3n) is 2.58. The predicted molar refractivity (Wildman–Crippen MR) is 74.4 cm³/mol. The van der Waals surface area contributed by atoms with E-state index < -0.39 is 11.9 Å². The van der Waals surface area contributed by atoms with Gasteiger partial charge in [0, 0.05) is 23.6 Å². The Morgan fingerprint density at radius 1 is 1.32 bits per heavy atom. The lowest BCUT2D eigenvalue weighted by Crippen LogP contribution is -2.18. The second-order valence-electron chi connectivity index (χ2n) is 5.43. The van der Waals surface area contributed by atoms with Crippen molar-refractivity contribution in [2.75, 3.05) is 0 Å². The number of esters is 1. The lowest BCUT2D eigenvalue weighted by Gasteiger charge is -2.22. The van der Waals surface area contributed by atoms with Crippen LogP contribution in [-0.2, 0) is 21.4 Å². The van der Waals surface area contributed by atoms with Gasteiger partial charge in [0.05, 0.1) is 6.42 Å². The van der Waals surface area contributed by atoms with Crippen molar-refractivity contribution < 1.29 is 14.3 Å². The van der Waals surface area contributed by atoms with Crippen LogP contribution in [0.1, 0.15) is 38.8 Å². The zero-order valence-corrected chi connectivity index (χ0v) is 12.3. The van der Waals surface area contributed by atoms with E-state index in [4.69, 9.17) is 22.1 Å². The van der Waals surface area contributed by atoms with Crippen molar-refractivity contribution in [1.82, 2.24) is 0 Å². The Morgan fingerprint density at radius 3 is 2.32 bits per heavy atom. The Hall–Kier alpha value is -1.55. The summed E-state index contributed by atoms with van der Waals surface area (Å²) in [5.41, 5.74) is 6.47. The van der Waals surface area contributed by atoms with E-state index in [9.17, 15) is 9.59 Å². The first kappa shape index (κ1) is 15.5. The van der Waals surface area contributed by atoms with Gasteiger partial charge in [-0.15, -0.1) is 0 Å². The number of carbonyl (C=O) groups is 2. The molecule has 0 aromatic heterocycles. The van der Waals surface area contributed by atoms with Gasteiger partial charge >= 0.3 is 5.97 Å². The maximum Gasteiger partial charge on any atom is 0.308 e. The molecule has 1 amide bonds. The normalized spacial score (nSPS) is 11.2. The summed E-state index contributed by atoms with van der Waals surface area (Å²) in [7, 11) is 0. The van der Waals surface area contributed by atoms with Crippen LogP contribution in [0.15, 0.2) is 12.1 Å². The molecular formula is C14H18ClNO3. The van der Waals surface area contributed by atoms with Crippen molar-refractivity contribution >= 4 is 23.5 Å². The molecular weight excluding hydrogens is 266 g/mol. The van der Waals surface area contributed by atoms with Crippen LogP contribution in [0.5, 0.6) is 5.75 Å². The van der Waals surface area contributed by atoms with Crippen LogP contribution >= 0.6 is 11.6 Å². The Labute approximate surface area is 117 Å². The summed E-state index contributed by atoms with van der Waals surface area (Å²) < 4.78 is 5.06. The van der Waals surface area contributed by atoms with Gasteiger partial charge in [-0.2, -0.15) is 0 Å². The van der Waals surface area contributed by atoms with Crippen molar-refractivity contribution in [3.8, 4) is 5.75 Å². The average Bonchev–Trinajstić information content (AvgIpc) is 2.18. The topological polar surface area (TPSA) is 69.4 Å². The summed E-state index contributed by atoms with van der Waals surface area (Å²) in [6, 6.07) is 3.33. The fourth-order valence-corrected chi connectivity index (χ4v) is 2.19. The van der Waals surface area contributed by atoms with E-state index in [1.165, 1.54) is 6.92 Å². The van der Waals surface area contributed by atoms with E-state index in [1.54, 1.807) is 12.1 Å². The van der Waals surface area contributed by atoms with Crippen molar-refractivity contribution in [2.24, 2.45) is 5.73 Å². The van der Waals surface area contributed by atoms with Crippen LogP contribution in [0.4, 0.5) is 0 Å². The molecule has 4 nitrogen and oxygen atoms in total. The molecule has 2 N–H and O–H groups in total. The molecule has 19 heavy (non-hydrogen) atoms. The number of hydrogen-bond acceptors (Lipinski definition) is 3. The SMILES string of the molecule is CC(=O)Oc1cc(Cl)c(C(C)(C)C)cc1CC(N)=O. The van der Waals surface area contributed by atoms with Gasteiger partial charge in [-0.25, -0.2) is 0 Å². The van der Waals surface area contributed by atoms with E-state index in [2.05, 4.69) is 0 Å². The van der Waals surface area contributed by atoms with Gasteiger partial charge in [-0.1, -0.05) is 32.4 Å². The van der Waals surface area contributed by atoms with E-state index in [1.807, 2.05) is 20.8 Å². The minimum absolute atomic E-state index is 0.00284. The molecule has 104 valence electrons. The quantitative estimate of drug-likeness (QED) is 0.685. The number of halogens is 1. The number of ether oxygens (including phenoxy) is 1. The second-order valence-corrected chi connectivity index (χ2v) is 5.83. The standard InChI is InChI=1S/C14H18ClNO3/c1-8(17)19-12-7-11(15)10(14(2,3)4)5-9(12)6-13(16)18/h5,7H,6H2,1-4H3,(H2,16,18). The summed E-state index contributed by atoms with van der Waals surface area (Å²) >= 11 is 6.20. The molecule has 0 bridgehead atoms. The number of nitrogens with two attached hydrogens (primary N) is 1. The number of primary amides is 1. The van der Waals surface area contributed by atoms with E-state index in [0.29, 0.717) is 10.6 Å². The zero-order chi connectivity index (χ0) is 14.8. The van der Waals surface area contributed by atoms with Gasteiger partial charge in [-0.3, -0.25) is 9.59 Å². The highest BCUT2D eigenvalue weighted by molar-refractivity contribution is 6.31. The first-order valence-electron chi connectivity index (χ1n) is 5.91. The minimum Gasteiger partial charge on any atom is -0.426 e. The number of hydrogen-bond donors (Lipinski definition) is 1. The summed E-state index contributed by atoms with van der Waals surface area (Å²) in [5.74, 6) is -0.676. The maximum atomic E-state index is 11.1. The monoisotopic (exact) mass is 283 g/mol. The van der Waals surface area contributed by atoms with Crippen molar-refractivity contribution in [3.63, 3.8) is 0 Å². The highest BCUT2D eigenvalue weighted by Crippen LogP contribution is 2.35. The first-order valence-corrected chi connectivity index (χ1v) is 6.28. The summed E-state index contributed by atoms with van der Waals surface area (Å²) in [5, 5.41) is 0.497. The van der Waals surface area contributed by atoms with Crippen LogP contribution in [0, 0.1) is 0 Å². The van der Waals surface area contributed by atoms with Crippen LogP contribution in [0.2, 0.25) is 5.02 Å². The van der Waals surface area contributed by atoms with Gasteiger partial charge in [0.1, 0.15) is 5.75 Å². The Kier molecular flexibility index (Phi) is 4.58. The molecule has 1 aromatic rings. The first-order chi connectivity index (χ1) is 8.61. The number of benzene rings is 1. The van der Waals surface area contributed by atoms with Crippen LogP contribution in [0.25, 0.3) is 0 Å². The van der Waals surface area contributed by atoms with Gasteiger partial charge in [0.2, 0.25) is 5.91 Å². The third kappa shape index (κ3) is 4.24. The molecule has 5 heteroatoms. The molecule has 1 aromatic carbocycles. The van der Waals surface area contributed by atoms with Gasteiger partial charge in [-0.05, 0) is 17.0 Å². The maximum absolute atomic E-state index is 11.1. The molecule has 1 rings (SSSR count). The number of carbonyl (C=O) groups excluding carboxylic acids is 2. The zero-order valence-electron chi connectivity index (χ0n) is 11.5. The fraction of sp³-hybridized carbons (Fsp3) is 0.429. The minimum atomic E-state index is -0.490. The molecule has 0 aliphatic carbocycles. The Bertz CT molecular complexity index is 518. The summed E-state index contributed by atoms with van der Waals surface area (Å²) in [4.78, 5) is 22.2. The molecule has 0 aliphatic rings. The number of rotatable bonds is 3. The lowest BCUT2D eigenvalue weighted by molar-refractivity contribution is -0.132. The van der Waals surface area contributed by atoms with E-state index in [-0.39, 0.29) is 17.6 Å². The smallest absolute Gasteiger partial charge is 0.308 e. The highest BCUT2D eigenvalue weighted by atomic mass is 35.5. The number of amides is 1. The molecule has 0 fully saturated rings. The third-order valence-corrected chi connectivity index (χ3v) is 2.89. The summed E-state index contributed by atoms with van der Waals surface area (Å²) in [6.45, 7) is 7.31. The van der Waals surface area contributed by atoms with Gasteiger partial charge in [0.15, 0.2) is 0 Å². The predicted octanol–water partition coefficient (Wildman–Crippen LogP) is 2.59. The van der Waals surface area contributed by atoms with Crippen molar-refractivity contribution in [3.05, 3.63) is 28.3 Å². The molecule has 0 aliphatic heterocycles. The van der Waals surface area contributed by atoms with Crippen molar-refractivity contribution in [1.29, 1.82) is 0 Å². The lowest BCUT2D eigenvalue weighted by atomic mass is 9.85. The van der Waals surface area contributed by atoms with Crippen LogP contribution in [-0.4, -0.2) is 11.9 Å². The molecule has 0 radical (unpaired) electrons. The van der Waals surface area contributed by atoms with Crippen LogP contribution < -0.4 is 10.5 Å². The average molecular weight is 284 g/mol. The highest BCUT2D eigenvalue weighted by Gasteiger charge is 2.21.